The lowest BCUT2D eigenvalue weighted by atomic mass is 9.70. The number of carbonyl (C=O) groups is 4. The number of ether oxygens (including phenoxy) is 2. The van der Waals surface area contributed by atoms with Crippen molar-refractivity contribution in [3.63, 3.8) is 0 Å². The fourth-order valence-corrected chi connectivity index (χ4v) is 6.87. The minimum atomic E-state index is -1.22. The molecule has 3 heterocycles. The van der Waals surface area contributed by atoms with Gasteiger partial charge in [0.1, 0.15) is 17.7 Å². The Morgan fingerprint density at radius 3 is 2.65 bits per heavy atom. The Bertz CT molecular complexity index is 1190. The van der Waals surface area contributed by atoms with E-state index in [1.807, 2.05) is 37.3 Å². The van der Waals surface area contributed by atoms with Crippen LogP contribution >= 0.6 is 0 Å². The molecule has 1 aromatic carbocycles. The van der Waals surface area contributed by atoms with Crippen molar-refractivity contribution >= 4 is 23.7 Å². The number of nitrogens with zero attached hydrogens (tertiary/aromatic N) is 2. The van der Waals surface area contributed by atoms with Gasteiger partial charge >= 0.3 is 5.97 Å². The number of hydrogen-bond donors (Lipinski definition) is 2. The zero-order valence-electron chi connectivity index (χ0n) is 25.3. The first-order valence-electron chi connectivity index (χ1n) is 15.4. The van der Waals surface area contributed by atoms with Gasteiger partial charge in [0.15, 0.2) is 0 Å². The van der Waals surface area contributed by atoms with E-state index in [1.54, 1.807) is 24.0 Å². The molecule has 1 spiro atoms. The minimum absolute atomic E-state index is 0.130. The summed E-state index contributed by atoms with van der Waals surface area (Å²) in [5.74, 6) is -3.26. The number of likely N-dealkylation sites (tertiary alicyclic amines) is 1. The Labute approximate surface area is 254 Å². The van der Waals surface area contributed by atoms with Gasteiger partial charge in [-0.3, -0.25) is 19.2 Å². The molecule has 3 aliphatic heterocycles. The zero-order chi connectivity index (χ0) is 31.1. The molecule has 0 radical (unpaired) electrons. The molecule has 43 heavy (non-hydrogen) atoms. The van der Waals surface area contributed by atoms with E-state index >= 15 is 0 Å². The average molecular weight is 596 g/mol. The van der Waals surface area contributed by atoms with Crippen LogP contribution in [0.1, 0.15) is 64.0 Å². The molecule has 4 rings (SSSR count). The van der Waals surface area contributed by atoms with Gasteiger partial charge in [-0.1, -0.05) is 55.8 Å². The zero-order valence-corrected chi connectivity index (χ0v) is 25.3. The molecular formula is C33H45N3O7. The molecule has 1 aromatic rings. The maximum absolute atomic E-state index is 14.4. The van der Waals surface area contributed by atoms with Crippen molar-refractivity contribution in [1.29, 1.82) is 0 Å². The smallest absolute Gasteiger partial charge is 0.312 e. The van der Waals surface area contributed by atoms with Crippen molar-refractivity contribution in [2.24, 2.45) is 11.8 Å². The van der Waals surface area contributed by atoms with E-state index in [2.05, 4.69) is 18.5 Å². The number of aliphatic hydroxyl groups excluding tert-OH is 1. The molecule has 7 atom stereocenters. The van der Waals surface area contributed by atoms with Crippen LogP contribution in [0.4, 0.5) is 0 Å². The highest BCUT2D eigenvalue weighted by atomic mass is 16.6. The number of esters is 1. The van der Waals surface area contributed by atoms with Gasteiger partial charge in [0.05, 0.1) is 37.1 Å². The Kier molecular flexibility index (Phi) is 10.8. The fourth-order valence-electron chi connectivity index (χ4n) is 6.87. The van der Waals surface area contributed by atoms with Crippen LogP contribution in [0.5, 0.6) is 0 Å². The van der Waals surface area contributed by atoms with Crippen molar-refractivity contribution in [2.45, 2.75) is 82.3 Å². The van der Waals surface area contributed by atoms with Gasteiger partial charge < -0.3 is 29.7 Å². The molecule has 234 valence electrons. The van der Waals surface area contributed by atoms with Crippen LogP contribution in [0.15, 0.2) is 55.6 Å². The van der Waals surface area contributed by atoms with Crippen molar-refractivity contribution in [3.05, 3.63) is 61.2 Å². The number of carbonyl (C=O) groups excluding carboxylic acids is 4. The van der Waals surface area contributed by atoms with Crippen molar-refractivity contribution < 1.29 is 33.8 Å². The van der Waals surface area contributed by atoms with Gasteiger partial charge in [-0.25, -0.2) is 0 Å². The van der Waals surface area contributed by atoms with Gasteiger partial charge in [0.25, 0.3) is 0 Å². The highest BCUT2D eigenvalue weighted by Gasteiger charge is 2.75. The molecule has 3 fully saturated rings. The Hall–Kier alpha value is -3.50. The maximum Gasteiger partial charge on any atom is 0.312 e. The summed E-state index contributed by atoms with van der Waals surface area (Å²) in [7, 11) is 0. The van der Waals surface area contributed by atoms with E-state index in [0.29, 0.717) is 44.3 Å². The molecule has 0 aliphatic carbocycles. The Morgan fingerprint density at radius 2 is 2.00 bits per heavy atom. The second-order valence-corrected chi connectivity index (χ2v) is 11.7. The van der Waals surface area contributed by atoms with Crippen molar-refractivity contribution in [3.8, 4) is 0 Å². The van der Waals surface area contributed by atoms with Crippen LogP contribution in [-0.2, 0) is 28.7 Å². The molecule has 0 aromatic heterocycles. The van der Waals surface area contributed by atoms with Crippen LogP contribution in [0.25, 0.3) is 0 Å². The number of fused-ring (bicyclic) bond motifs is 1. The van der Waals surface area contributed by atoms with Crippen LogP contribution in [0.2, 0.25) is 0 Å². The van der Waals surface area contributed by atoms with E-state index in [4.69, 9.17) is 9.47 Å². The monoisotopic (exact) mass is 595 g/mol. The first-order chi connectivity index (χ1) is 20.7. The van der Waals surface area contributed by atoms with Crippen molar-refractivity contribution in [1.82, 2.24) is 15.1 Å². The quantitative estimate of drug-likeness (QED) is 0.222. The van der Waals surface area contributed by atoms with Gasteiger partial charge in [0, 0.05) is 19.5 Å². The predicted molar refractivity (Wildman–Crippen MR) is 160 cm³/mol. The summed E-state index contributed by atoms with van der Waals surface area (Å²) in [6.45, 7) is 11.7. The topological polar surface area (TPSA) is 125 Å². The van der Waals surface area contributed by atoms with Gasteiger partial charge in [-0.05, 0) is 38.2 Å². The summed E-state index contributed by atoms with van der Waals surface area (Å²) in [5.41, 5.74) is -0.538. The summed E-state index contributed by atoms with van der Waals surface area (Å²) in [4.78, 5) is 57.7. The van der Waals surface area contributed by atoms with Crippen LogP contribution in [0.3, 0.4) is 0 Å². The van der Waals surface area contributed by atoms with E-state index in [0.717, 1.165) is 12.8 Å². The number of unbranched alkanes of at least 4 members (excludes halogenated alkanes) is 1. The number of nitrogens with one attached hydrogen (secondary N) is 1. The van der Waals surface area contributed by atoms with E-state index in [-0.39, 0.29) is 18.4 Å². The molecule has 3 amide bonds. The van der Waals surface area contributed by atoms with Crippen molar-refractivity contribution in [2.75, 3.05) is 26.2 Å². The second kappa shape index (κ2) is 14.3. The molecule has 2 bridgehead atoms. The van der Waals surface area contributed by atoms with Crippen LogP contribution < -0.4 is 5.32 Å². The lowest BCUT2D eigenvalue weighted by molar-refractivity contribution is -0.160. The highest BCUT2D eigenvalue weighted by molar-refractivity contribution is 5.98. The minimum Gasteiger partial charge on any atom is -0.460 e. The molecule has 3 aliphatic rings. The fraction of sp³-hybridized carbons (Fsp3) is 0.576. The largest absolute Gasteiger partial charge is 0.460 e. The summed E-state index contributed by atoms with van der Waals surface area (Å²) in [6.07, 6.45) is 5.55. The first-order valence-corrected chi connectivity index (χ1v) is 15.4. The number of rotatable bonds is 16. The van der Waals surface area contributed by atoms with Crippen LogP contribution in [0, 0.1) is 11.8 Å². The average Bonchev–Trinajstić information content (AvgIpc) is 3.65. The molecule has 0 saturated carbocycles. The molecule has 3 saturated heterocycles. The van der Waals surface area contributed by atoms with E-state index in [9.17, 15) is 24.3 Å². The van der Waals surface area contributed by atoms with Gasteiger partial charge in [-0.15, -0.1) is 13.2 Å². The van der Waals surface area contributed by atoms with E-state index in [1.165, 1.54) is 4.90 Å². The SMILES string of the molecule is C=CCCC(=O)NC[C@@H](C)OC(=O)[C@@H]1[C@@H]2CC[C@]3(O2)[C@H](C(=O)N(CC=C)CCCC)N([C@H](CO)c2ccccc2)C(=O)[C@@H]13. The maximum atomic E-state index is 14.4. The number of allylic oxidation sites excluding steroid dienone is 1. The Morgan fingerprint density at radius 1 is 1.26 bits per heavy atom. The third-order valence-electron chi connectivity index (χ3n) is 8.86. The second-order valence-electron chi connectivity index (χ2n) is 11.7. The summed E-state index contributed by atoms with van der Waals surface area (Å²) >= 11 is 0. The summed E-state index contributed by atoms with van der Waals surface area (Å²) in [5, 5.41) is 13.4. The lowest BCUT2D eigenvalue weighted by Crippen LogP contribution is -2.57. The highest BCUT2D eigenvalue weighted by Crippen LogP contribution is 2.60. The number of hydrogen-bond acceptors (Lipinski definition) is 7. The molecule has 2 N–H and O–H groups in total. The number of aliphatic hydroxyl groups is 1. The molecule has 10 heteroatoms. The lowest BCUT2D eigenvalue weighted by Gasteiger charge is -2.39. The predicted octanol–water partition coefficient (Wildman–Crippen LogP) is 2.92. The third kappa shape index (κ3) is 6.40. The number of amides is 3. The van der Waals surface area contributed by atoms with Gasteiger partial charge in [-0.2, -0.15) is 0 Å². The summed E-state index contributed by atoms with van der Waals surface area (Å²) < 4.78 is 12.3. The third-order valence-corrected chi connectivity index (χ3v) is 8.86. The normalized spacial score (nSPS) is 26.9. The van der Waals surface area contributed by atoms with E-state index < -0.39 is 60.2 Å². The number of benzene rings is 1. The standard InChI is InChI=1S/C33H45N3O7/c1-5-8-15-26(38)34-20-22(4)42-32(41)27-25-16-17-33(43-25)28(27)30(39)36(24(21-37)23-13-11-10-12-14-23)29(33)31(40)35(18-7-3)19-9-6-2/h5,7,10-14,22,24-25,27-29,37H,1,3,6,8-9,15-21H2,2,4H3,(H,34,38)/t22-,24-,25+,27-,28-,29+,33-/m1/s1. The molecular weight excluding hydrogens is 550 g/mol. The first kappa shape index (κ1) is 32.4. The molecule has 0 unspecified atom stereocenters. The Balaban J connectivity index is 1.65. The summed E-state index contributed by atoms with van der Waals surface area (Å²) in [6, 6.07) is 7.28. The van der Waals surface area contributed by atoms with Gasteiger partial charge in [0.2, 0.25) is 17.7 Å². The molecule has 10 nitrogen and oxygen atoms in total. The van der Waals surface area contributed by atoms with Crippen LogP contribution in [-0.4, -0.2) is 88.7 Å².